The Morgan fingerprint density at radius 2 is 1.59 bits per heavy atom. The summed E-state index contributed by atoms with van der Waals surface area (Å²) >= 11 is 0. The predicted molar refractivity (Wildman–Crippen MR) is 243 cm³/mol. The van der Waals surface area contributed by atoms with Crippen LogP contribution in [0.3, 0.4) is 0 Å². The number of aromatic nitrogens is 3. The number of hydrogen-bond donors (Lipinski definition) is 3. The Labute approximate surface area is 368 Å². The van der Waals surface area contributed by atoms with Gasteiger partial charge in [-0.05, 0) is 80.8 Å². The molecule has 326 valence electrons. The average molecular weight is 850 g/mol. The quantitative estimate of drug-likeness (QED) is 0.0919. The van der Waals surface area contributed by atoms with E-state index in [0.29, 0.717) is 48.1 Å². The number of carbonyl (C=O) groups is 5. The number of nitrogens with zero attached hydrogens (tertiary/aromatic N) is 6. The number of likely N-dealkylation sites (tertiary alicyclic amines) is 1. The molecular weight excluding hydrogens is 795 g/mol. The highest BCUT2D eigenvalue weighted by Crippen LogP contribution is 2.34. The highest BCUT2D eigenvalue weighted by atomic mass is 16.2. The first-order valence-electron chi connectivity index (χ1n) is 21.5. The minimum Gasteiger partial charge on any atom is -0.348 e. The highest BCUT2D eigenvalue weighted by Gasteiger charge is 2.40. The topological polar surface area (TPSA) is 170 Å². The van der Waals surface area contributed by atoms with Crippen LogP contribution in [-0.4, -0.2) is 75.1 Å². The molecule has 2 aliphatic heterocycles. The van der Waals surface area contributed by atoms with E-state index in [9.17, 15) is 24.0 Å². The third-order valence-electron chi connectivity index (χ3n) is 11.8. The van der Waals surface area contributed by atoms with E-state index in [-0.39, 0.29) is 55.0 Å². The molecule has 0 bridgehead atoms. The van der Waals surface area contributed by atoms with E-state index in [1.165, 1.54) is 4.90 Å². The summed E-state index contributed by atoms with van der Waals surface area (Å²) in [6, 6.07) is 25.9. The van der Waals surface area contributed by atoms with Gasteiger partial charge in [-0.2, -0.15) is 4.98 Å². The van der Waals surface area contributed by atoms with Gasteiger partial charge >= 0.3 is 6.03 Å². The second-order valence-corrected chi connectivity index (χ2v) is 16.9. The maximum atomic E-state index is 14.6. The van der Waals surface area contributed by atoms with E-state index in [2.05, 4.69) is 30.9 Å². The molecule has 5 aromatic rings. The molecule has 1 saturated heterocycles. The zero-order chi connectivity index (χ0) is 44.8. The largest absolute Gasteiger partial charge is 0.348 e. The Bertz CT molecular complexity index is 2460. The standard InChI is InChI=1S/C49H55N9O5/c1-30(2)43(46(61)52-33(5)35-16-11-8-12-17-35)54-45(60)40-18-13-23-57(40)47(62)37(24-34-14-9-7-10-15-34)26-42(59)36-21-19-31(3)41(25-36)58-29-38-27-51-48(55-44(38)56(6)49(58)63)53-39-22-20-32(4)50-28-39/h7-12,14-17,19-22,25,27-28,30,33,37,40,43H,13,18,23-24,26,29H2,1-6H3,(H,52,61)(H,54,60)(H,51,53,55)/t33-,37-,40-,43+/m1/s1. The predicted octanol–water partition coefficient (Wildman–Crippen LogP) is 7.25. The zero-order valence-electron chi connectivity index (χ0n) is 36.7. The SMILES string of the molecule is Cc1ccc(Nc2ncc3c(n2)N(C)C(=O)N(c2cc(C(=O)C[C@@H](Cc4ccccc4)C(=O)N4CCC[C@@H]4C(=O)N[C@H](C(=O)N[C@H](C)c4ccccc4)C(C)C)ccc2C)C3)cn1. The van der Waals surface area contributed by atoms with Gasteiger partial charge in [0.25, 0.3) is 0 Å². The van der Waals surface area contributed by atoms with Crippen LogP contribution in [0.5, 0.6) is 0 Å². The summed E-state index contributed by atoms with van der Waals surface area (Å²) in [5.41, 5.74) is 5.85. The molecule has 3 aromatic carbocycles. The summed E-state index contributed by atoms with van der Waals surface area (Å²) in [7, 11) is 1.65. The number of urea groups is 1. The number of Topliss-reactive ketones (excluding diaryl/α,β-unsaturated/α-hetero) is 1. The summed E-state index contributed by atoms with van der Waals surface area (Å²) in [4.78, 5) is 88.5. The molecule has 0 spiro atoms. The number of fused-ring (bicyclic) bond motifs is 1. The number of amides is 5. The lowest BCUT2D eigenvalue weighted by atomic mass is 9.90. The number of benzene rings is 3. The van der Waals surface area contributed by atoms with Crippen LogP contribution in [0.15, 0.2) is 103 Å². The lowest BCUT2D eigenvalue weighted by Crippen LogP contribution is -2.55. The Kier molecular flexibility index (Phi) is 13.6. The smallest absolute Gasteiger partial charge is 0.330 e. The average Bonchev–Trinajstić information content (AvgIpc) is 3.78. The number of ketones is 1. The van der Waals surface area contributed by atoms with Gasteiger partial charge in [-0.15, -0.1) is 0 Å². The fourth-order valence-corrected chi connectivity index (χ4v) is 8.24. The van der Waals surface area contributed by atoms with Gasteiger partial charge in [-0.3, -0.25) is 34.0 Å². The molecule has 7 rings (SSSR count). The van der Waals surface area contributed by atoms with Crippen LogP contribution >= 0.6 is 0 Å². The fourth-order valence-electron chi connectivity index (χ4n) is 8.24. The summed E-state index contributed by atoms with van der Waals surface area (Å²) in [6.45, 7) is 9.96. The van der Waals surface area contributed by atoms with Gasteiger partial charge in [0.05, 0.1) is 24.5 Å². The first kappa shape index (κ1) is 44.1. The molecule has 2 aliphatic rings. The van der Waals surface area contributed by atoms with Crippen LogP contribution in [0.25, 0.3) is 0 Å². The number of carbonyl (C=O) groups excluding carboxylic acids is 5. The van der Waals surface area contributed by atoms with Gasteiger partial charge in [0.15, 0.2) is 5.78 Å². The maximum Gasteiger partial charge on any atom is 0.330 e. The van der Waals surface area contributed by atoms with Crippen LogP contribution < -0.4 is 25.8 Å². The Hall–Kier alpha value is -6.96. The van der Waals surface area contributed by atoms with Crippen molar-refractivity contribution < 1.29 is 24.0 Å². The molecule has 14 heteroatoms. The van der Waals surface area contributed by atoms with Gasteiger partial charge in [-0.1, -0.05) is 86.6 Å². The van der Waals surface area contributed by atoms with Gasteiger partial charge in [0.1, 0.15) is 17.9 Å². The molecule has 4 atom stereocenters. The third kappa shape index (κ3) is 10.2. The molecule has 14 nitrogen and oxygen atoms in total. The molecule has 0 unspecified atom stereocenters. The van der Waals surface area contributed by atoms with Crippen molar-refractivity contribution in [3.05, 3.63) is 137 Å². The minimum absolute atomic E-state index is 0.119. The number of rotatable bonds is 15. The molecule has 0 saturated carbocycles. The van der Waals surface area contributed by atoms with Crippen molar-refractivity contribution in [1.29, 1.82) is 0 Å². The molecule has 0 aliphatic carbocycles. The Morgan fingerprint density at radius 3 is 2.29 bits per heavy atom. The van der Waals surface area contributed by atoms with E-state index in [1.807, 2.05) is 107 Å². The Balaban J connectivity index is 1.07. The second kappa shape index (κ2) is 19.4. The van der Waals surface area contributed by atoms with Gasteiger partial charge in [0, 0.05) is 54.6 Å². The number of anilines is 4. The monoisotopic (exact) mass is 849 g/mol. The van der Waals surface area contributed by atoms with Crippen molar-refractivity contribution in [2.24, 2.45) is 11.8 Å². The van der Waals surface area contributed by atoms with E-state index >= 15 is 0 Å². The third-order valence-corrected chi connectivity index (χ3v) is 11.8. The molecule has 63 heavy (non-hydrogen) atoms. The maximum absolute atomic E-state index is 14.6. The van der Waals surface area contributed by atoms with E-state index in [4.69, 9.17) is 0 Å². The fraction of sp³-hybridized carbons (Fsp3) is 0.347. The molecular formula is C49H55N9O5. The highest BCUT2D eigenvalue weighted by molar-refractivity contribution is 6.07. The second-order valence-electron chi connectivity index (χ2n) is 16.9. The molecule has 2 aromatic heterocycles. The summed E-state index contributed by atoms with van der Waals surface area (Å²) < 4.78 is 0. The first-order valence-corrected chi connectivity index (χ1v) is 21.5. The van der Waals surface area contributed by atoms with Crippen molar-refractivity contribution in [3.63, 3.8) is 0 Å². The van der Waals surface area contributed by atoms with Crippen molar-refractivity contribution in [2.75, 3.05) is 28.7 Å². The van der Waals surface area contributed by atoms with E-state index < -0.39 is 23.9 Å². The van der Waals surface area contributed by atoms with Crippen LogP contribution in [-0.2, 0) is 27.3 Å². The summed E-state index contributed by atoms with van der Waals surface area (Å²) in [5.74, 6) is -1.46. The van der Waals surface area contributed by atoms with E-state index in [1.54, 1.807) is 47.4 Å². The zero-order valence-corrected chi connectivity index (χ0v) is 36.7. The van der Waals surface area contributed by atoms with Crippen LogP contribution in [0, 0.1) is 25.7 Å². The lowest BCUT2D eigenvalue weighted by Gasteiger charge is -2.35. The molecule has 3 N–H and O–H groups in total. The molecule has 1 fully saturated rings. The molecule has 4 heterocycles. The number of aryl methyl sites for hydroxylation is 2. The molecule has 5 amide bonds. The number of hydrogen-bond acceptors (Lipinski definition) is 9. The van der Waals surface area contributed by atoms with Crippen LogP contribution in [0.1, 0.15) is 84.4 Å². The lowest BCUT2D eigenvalue weighted by molar-refractivity contribution is -0.142. The number of pyridine rings is 1. The minimum atomic E-state index is -0.817. The van der Waals surface area contributed by atoms with Gasteiger partial charge in [0.2, 0.25) is 23.7 Å². The van der Waals surface area contributed by atoms with Crippen molar-refractivity contribution in [2.45, 2.75) is 85.0 Å². The first-order chi connectivity index (χ1) is 30.3. The summed E-state index contributed by atoms with van der Waals surface area (Å²) in [6.07, 6.45) is 4.58. The van der Waals surface area contributed by atoms with Crippen molar-refractivity contribution >= 4 is 52.7 Å². The van der Waals surface area contributed by atoms with E-state index in [0.717, 1.165) is 27.9 Å². The Morgan fingerprint density at radius 1 is 0.857 bits per heavy atom. The molecule has 0 radical (unpaired) electrons. The van der Waals surface area contributed by atoms with Crippen molar-refractivity contribution in [1.82, 2.24) is 30.5 Å². The number of nitrogens with one attached hydrogen (secondary N) is 3. The van der Waals surface area contributed by atoms with Crippen LogP contribution in [0.2, 0.25) is 0 Å². The summed E-state index contributed by atoms with van der Waals surface area (Å²) in [5, 5.41) is 9.14. The van der Waals surface area contributed by atoms with Crippen LogP contribution in [0.4, 0.5) is 27.9 Å². The van der Waals surface area contributed by atoms with Gasteiger partial charge in [-0.25, -0.2) is 9.78 Å². The van der Waals surface area contributed by atoms with Crippen molar-refractivity contribution in [3.8, 4) is 0 Å². The van der Waals surface area contributed by atoms with Gasteiger partial charge < -0.3 is 20.9 Å². The normalized spacial score (nSPS) is 16.3.